The molecule has 174 valence electrons. The zero-order valence-electron chi connectivity index (χ0n) is 18.9. The summed E-state index contributed by atoms with van der Waals surface area (Å²) in [5.41, 5.74) is 1.50. The minimum Gasteiger partial charge on any atom is -0.491 e. The van der Waals surface area contributed by atoms with Crippen molar-refractivity contribution in [2.75, 3.05) is 23.7 Å². The van der Waals surface area contributed by atoms with E-state index in [0.29, 0.717) is 22.9 Å². The second-order valence-electron chi connectivity index (χ2n) is 7.77. The first-order valence-corrected chi connectivity index (χ1v) is 12.3. The summed E-state index contributed by atoms with van der Waals surface area (Å²) in [5.74, 6) is 1.51. The molecule has 3 aromatic carbocycles. The summed E-state index contributed by atoms with van der Waals surface area (Å²) in [6.45, 7) is 3.71. The van der Waals surface area contributed by atoms with Crippen molar-refractivity contribution in [3.05, 3.63) is 84.4 Å². The number of aryl methyl sites for hydroxylation is 1. The summed E-state index contributed by atoms with van der Waals surface area (Å²) in [5, 5.41) is 2.78. The van der Waals surface area contributed by atoms with Gasteiger partial charge >= 0.3 is 0 Å². The Balaban J connectivity index is 1.59. The zero-order chi connectivity index (χ0) is 23.8. The van der Waals surface area contributed by atoms with Gasteiger partial charge in [-0.25, -0.2) is 8.42 Å². The molecule has 0 aromatic heterocycles. The SMILES string of the molecule is Cc1ccc(OCC(C)NC(=O)CN(c2ccc(Oc3ccccc3)cc2)S(C)(=O)=O)cc1. The second kappa shape index (κ2) is 10.9. The van der Waals surface area contributed by atoms with Crippen LogP contribution in [0.5, 0.6) is 17.2 Å². The number of sulfonamides is 1. The molecule has 1 amide bonds. The number of nitrogens with one attached hydrogen (secondary N) is 1. The maximum absolute atomic E-state index is 12.6. The first kappa shape index (κ1) is 24.1. The zero-order valence-corrected chi connectivity index (χ0v) is 19.7. The van der Waals surface area contributed by atoms with Crippen molar-refractivity contribution in [3.63, 3.8) is 0 Å². The molecule has 1 N–H and O–H groups in total. The molecule has 0 heterocycles. The molecule has 33 heavy (non-hydrogen) atoms. The summed E-state index contributed by atoms with van der Waals surface area (Å²) >= 11 is 0. The molecule has 0 bridgehead atoms. The maximum atomic E-state index is 12.6. The molecule has 7 nitrogen and oxygen atoms in total. The molecule has 8 heteroatoms. The molecule has 0 fully saturated rings. The number of carbonyl (C=O) groups excluding carboxylic acids is 1. The van der Waals surface area contributed by atoms with Gasteiger partial charge in [-0.15, -0.1) is 0 Å². The average Bonchev–Trinajstić information content (AvgIpc) is 2.78. The summed E-state index contributed by atoms with van der Waals surface area (Å²) in [6, 6.07) is 23.1. The quantitative estimate of drug-likeness (QED) is 0.484. The number of anilines is 1. The van der Waals surface area contributed by atoms with Crippen molar-refractivity contribution in [1.29, 1.82) is 0 Å². The third kappa shape index (κ3) is 7.54. The van der Waals surface area contributed by atoms with Crippen molar-refractivity contribution in [2.24, 2.45) is 0 Å². The molecule has 0 aliphatic heterocycles. The van der Waals surface area contributed by atoms with Crippen LogP contribution in [0.25, 0.3) is 0 Å². The van der Waals surface area contributed by atoms with E-state index in [4.69, 9.17) is 9.47 Å². The Labute approximate surface area is 195 Å². The number of amides is 1. The number of hydrogen-bond donors (Lipinski definition) is 1. The fourth-order valence-corrected chi connectivity index (χ4v) is 3.91. The molecular formula is C25H28N2O5S. The van der Waals surface area contributed by atoms with E-state index in [1.54, 1.807) is 31.2 Å². The van der Waals surface area contributed by atoms with E-state index in [-0.39, 0.29) is 19.2 Å². The van der Waals surface area contributed by atoms with Crippen LogP contribution in [0.3, 0.4) is 0 Å². The largest absolute Gasteiger partial charge is 0.491 e. The standard InChI is InChI=1S/C25H28N2O5S/c1-19-9-13-22(14-10-19)31-18-20(2)26-25(28)17-27(33(3,29)30)21-11-15-24(16-12-21)32-23-7-5-4-6-8-23/h4-16,20H,17-18H2,1-3H3,(H,26,28). The lowest BCUT2D eigenvalue weighted by Crippen LogP contribution is -2.44. The predicted molar refractivity (Wildman–Crippen MR) is 129 cm³/mol. The minimum atomic E-state index is -3.68. The van der Waals surface area contributed by atoms with Crippen molar-refractivity contribution < 1.29 is 22.7 Å². The van der Waals surface area contributed by atoms with Crippen molar-refractivity contribution >= 4 is 21.6 Å². The Morgan fingerprint density at radius 1 is 0.909 bits per heavy atom. The number of benzene rings is 3. The molecule has 0 spiro atoms. The highest BCUT2D eigenvalue weighted by atomic mass is 32.2. The number of hydrogen-bond acceptors (Lipinski definition) is 5. The van der Waals surface area contributed by atoms with Crippen LogP contribution in [-0.4, -0.2) is 39.8 Å². The Bertz CT molecular complexity index is 1150. The van der Waals surface area contributed by atoms with Gasteiger partial charge in [0.05, 0.1) is 18.0 Å². The number of para-hydroxylation sites is 1. The number of carbonyl (C=O) groups is 1. The first-order chi connectivity index (χ1) is 15.7. The molecule has 0 aliphatic carbocycles. The van der Waals surface area contributed by atoms with Gasteiger partial charge in [-0.2, -0.15) is 0 Å². The molecule has 1 atom stereocenters. The van der Waals surface area contributed by atoms with Gasteiger partial charge in [0.2, 0.25) is 15.9 Å². The summed E-state index contributed by atoms with van der Waals surface area (Å²) in [4.78, 5) is 12.6. The molecular weight excluding hydrogens is 440 g/mol. The molecule has 0 saturated carbocycles. The van der Waals surface area contributed by atoms with Crippen molar-refractivity contribution in [1.82, 2.24) is 5.32 Å². The van der Waals surface area contributed by atoms with Crippen LogP contribution < -0.4 is 19.1 Å². The van der Waals surface area contributed by atoms with Gasteiger partial charge in [-0.05, 0) is 62.4 Å². The van der Waals surface area contributed by atoms with E-state index < -0.39 is 15.9 Å². The molecule has 3 rings (SSSR count). The monoisotopic (exact) mass is 468 g/mol. The lowest BCUT2D eigenvalue weighted by molar-refractivity contribution is -0.120. The third-order valence-corrected chi connectivity index (χ3v) is 5.86. The van der Waals surface area contributed by atoms with E-state index in [1.807, 2.05) is 61.5 Å². The van der Waals surface area contributed by atoms with Crippen LogP contribution in [-0.2, 0) is 14.8 Å². The van der Waals surface area contributed by atoms with Crippen LogP contribution in [0.2, 0.25) is 0 Å². The van der Waals surface area contributed by atoms with Gasteiger partial charge in [-0.1, -0.05) is 35.9 Å². The highest BCUT2D eigenvalue weighted by Gasteiger charge is 2.22. The van der Waals surface area contributed by atoms with Gasteiger partial charge in [0.15, 0.2) is 0 Å². The lowest BCUT2D eigenvalue weighted by atomic mass is 10.2. The fourth-order valence-electron chi connectivity index (χ4n) is 3.05. The first-order valence-electron chi connectivity index (χ1n) is 10.5. The van der Waals surface area contributed by atoms with Crippen LogP contribution in [0.4, 0.5) is 5.69 Å². The van der Waals surface area contributed by atoms with Crippen molar-refractivity contribution in [2.45, 2.75) is 19.9 Å². The Hall–Kier alpha value is -3.52. The number of ether oxygens (including phenoxy) is 2. The van der Waals surface area contributed by atoms with E-state index >= 15 is 0 Å². The Morgan fingerprint density at radius 3 is 2.09 bits per heavy atom. The topological polar surface area (TPSA) is 84.9 Å². The molecule has 0 saturated heterocycles. The summed E-state index contributed by atoms with van der Waals surface area (Å²) < 4.78 is 37.2. The molecule has 3 aromatic rings. The van der Waals surface area contributed by atoms with E-state index in [0.717, 1.165) is 16.1 Å². The average molecular weight is 469 g/mol. The Morgan fingerprint density at radius 2 is 1.48 bits per heavy atom. The van der Waals surface area contributed by atoms with E-state index in [1.165, 1.54) is 0 Å². The van der Waals surface area contributed by atoms with Gasteiger partial charge in [0, 0.05) is 0 Å². The molecule has 0 aliphatic rings. The Kier molecular flexibility index (Phi) is 7.95. The molecule has 1 unspecified atom stereocenters. The molecule has 0 radical (unpaired) electrons. The van der Waals surface area contributed by atoms with Crippen LogP contribution in [0, 0.1) is 6.92 Å². The predicted octanol–water partition coefficient (Wildman–Crippen LogP) is 4.14. The summed E-state index contributed by atoms with van der Waals surface area (Å²) in [7, 11) is -3.68. The van der Waals surface area contributed by atoms with Gasteiger partial charge in [0.25, 0.3) is 0 Å². The smallest absolute Gasteiger partial charge is 0.241 e. The number of nitrogens with zero attached hydrogens (tertiary/aromatic N) is 1. The minimum absolute atomic E-state index is 0.263. The normalized spacial score (nSPS) is 12.0. The van der Waals surface area contributed by atoms with E-state index in [9.17, 15) is 13.2 Å². The number of rotatable bonds is 10. The highest BCUT2D eigenvalue weighted by Crippen LogP contribution is 2.25. The van der Waals surface area contributed by atoms with Gasteiger partial charge < -0.3 is 14.8 Å². The second-order valence-corrected chi connectivity index (χ2v) is 9.68. The third-order valence-electron chi connectivity index (χ3n) is 4.72. The van der Waals surface area contributed by atoms with Gasteiger partial charge in [-0.3, -0.25) is 9.10 Å². The van der Waals surface area contributed by atoms with Crippen LogP contribution >= 0.6 is 0 Å². The van der Waals surface area contributed by atoms with Crippen LogP contribution in [0.1, 0.15) is 12.5 Å². The van der Waals surface area contributed by atoms with E-state index in [2.05, 4.69) is 5.32 Å². The maximum Gasteiger partial charge on any atom is 0.241 e. The van der Waals surface area contributed by atoms with Crippen LogP contribution in [0.15, 0.2) is 78.9 Å². The summed E-state index contributed by atoms with van der Waals surface area (Å²) in [6.07, 6.45) is 1.07. The fraction of sp³-hybridized carbons (Fsp3) is 0.240. The van der Waals surface area contributed by atoms with Crippen molar-refractivity contribution in [3.8, 4) is 17.2 Å². The highest BCUT2D eigenvalue weighted by molar-refractivity contribution is 7.92. The van der Waals surface area contributed by atoms with Gasteiger partial charge in [0.1, 0.15) is 30.4 Å². The lowest BCUT2D eigenvalue weighted by Gasteiger charge is -2.23.